The Bertz CT molecular complexity index is 358. The third-order valence-corrected chi connectivity index (χ3v) is 4.41. The number of carbonyl (C=O) groups excluding carboxylic acids is 1. The minimum Gasteiger partial charge on any atom is -0.481 e. The molecule has 0 aromatic rings. The van der Waals surface area contributed by atoms with Crippen LogP contribution in [0.2, 0.25) is 0 Å². The number of carboxylic acids is 1. The lowest BCUT2D eigenvalue weighted by Crippen LogP contribution is -2.50. The van der Waals surface area contributed by atoms with E-state index < -0.39 is 11.6 Å². The molecule has 1 heterocycles. The first-order valence-corrected chi connectivity index (χ1v) is 7.13. The third-order valence-electron chi connectivity index (χ3n) is 4.41. The number of carboxylic acid groups (broad SMARTS) is 1. The number of likely N-dealkylation sites (tertiary alicyclic amines) is 1. The van der Waals surface area contributed by atoms with Gasteiger partial charge in [0.15, 0.2) is 0 Å². The second-order valence-corrected chi connectivity index (χ2v) is 6.25. The summed E-state index contributed by atoms with van der Waals surface area (Å²) in [6, 6.07) is 0. The number of hydrogen-bond donors (Lipinski definition) is 2. The number of nitrogens with zero attached hydrogens (tertiary/aromatic N) is 1. The number of rotatable bonds is 2. The van der Waals surface area contributed by atoms with Crippen LogP contribution in [0.1, 0.15) is 45.4 Å². The van der Waals surface area contributed by atoms with Crippen molar-refractivity contribution < 1.29 is 19.8 Å². The van der Waals surface area contributed by atoms with Crippen molar-refractivity contribution in [3.63, 3.8) is 0 Å². The number of aliphatic carboxylic acids is 1. The van der Waals surface area contributed by atoms with E-state index in [1.807, 2.05) is 0 Å². The SMILES string of the molecule is CC1(O)CCCN(C(=O)C2CCC(C(=O)O)CC2)C1. The van der Waals surface area contributed by atoms with Gasteiger partial charge in [0.05, 0.1) is 11.5 Å². The van der Waals surface area contributed by atoms with Crippen LogP contribution in [0.25, 0.3) is 0 Å². The quantitative estimate of drug-likeness (QED) is 0.791. The van der Waals surface area contributed by atoms with E-state index in [-0.39, 0.29) is 17.7 Å². The molecule has 0 radical (unpaired) electrons. The van der Waals surface area contributed by atoms with E-state index in [2.05, 4.69) is 0 Å². The Morgan fingerprint density at radius 1 is 1.16 bits per heavy atom. The maximum atomic E-state index is 12.4. The molecule has 0 spiro atoms. The summed E-state index contributed by atoms with van der Waals surface area (Å²) in [7, 11) is 0. The molecule has 2 N–H and O–H groups in total. The van der Waals surface area contributed by atoms with Crippen LogP contribution in [-0.2, 0) is 9.59 Å². The molecule has 2 rings (SSSR count). The van der Waals surface area contributed by atoms with Gasteiger partial charge in [-0.25, -0.2) is 0 Å². The Morgan fingerprint density at radius 2 is 1.74 bits per heavy atom. The number of piperidine rings is 1. The number of hydrogen-bond acceptors (Lipinski definition) is 3. The average Bonchev–Trinajstić information content (AvgIpc) is 2.37. The lowest BCUT2D eigenvalue weighted by Gasteiger charge is -2.39. The molecule has 1 aliphatic carbocycles. The lowest BCUT2D eigenvalue weighted by molar-refractivity contribution is -0.147. The van der Waals surface area contributed by atoms with Gasteiger partial charge in [-0.15, -0.1) is 0 Å². The summed E-state index contributed by atoms with van der Waals surface area (Å²) in [5, 5.41) is 19.0. The zero-order valence-corrected chi connectivity index (χ0v) is 11.5. The number of β-amino-alcohol motifs (C(OH)–C–C–N with tert-alkyl or cyclic N) is 1. The van der Waals surface area contributed by atoms with Crippen LogP contribution in [0.4, 0.5) is 0 Å². The number of aliphatic hydroxyl groups is 1. The molecule has 1 atom stereocenters. The first kappa shape index (κ1) is 14.3. The van der Waals surface area contributed by atoms with Crippen molar-refractivity contribution in [1.82, 2.24) is 4.90 Å². The van der Waals surface area contributed by atoms with Crippen LogP contribution in [0, 0.1) is 11.8 Å². The van der Waals surface area contributed by atoms with E-state index in [4.69, 9.17) is 5.11 Å². The summed E-state index contributed by atoms with van der Waals surface area (Å²) in [5.74, 6) is -0.978. The first-order chi connectivity index (χ1) is 8.89. The van der Waals surface area contributed by atoms with Crippen LogP contribution in [0.5, 0.6) is 0 Å². The van der Waals surface area contributed by atoms with Crippen molar-refractivity contribution in [3.8, 4) is 0 Å². The average molecular weight is 269 g/mol. The second kappa shape index (κ2) is 5.49. The monoisotopic (exact) mass is 269 g/mol. The van der Waals surface area contributed by atoms with Crippen LogP contribution in [0.15, 0.2) is 0 Å². The molecule has 1 amide bonds. The molecule has 5 heteroatoms. The minimum absolute atomic E-state index is 0.0514. The Labute approximate surface area is 113 Å². The zero-order chi connectivity index (χ0) is 14.0. The molecule has 1 saturated heterocycles. The van der Waals surface area contributed by atoms with Gasteiger partial charge >= 0.3 is 5.97 Å². The molecular weight excluding hydrogens is 246 g/mol. The van der Waals surface area contributed by atoms with Crippen molar-refractivity contribution in [2.75, 3.05) is 13.1 Å². The maximum absolute atomic E-state index is 12.4. The van der Waals surface area contributed by atoms with Crippen LogP contribution in [0.3, 0.4) is 0 Å². The fraction of sp³-hybridized carbons (Fsp3) is 0.857. The molecule has 1 saturated carbocycles. The molecule has 0 aromatic heterocycles. The van der Waals surface area contributed by atoms with Crippen molar-refractivity contribution in [3.05, 3.63) is 0 Å². The highest BCUT2D eigenvalue weighted by Gasteiger charge is 2.36. The highest BCUT2D eigenvalue weighted by Crippen LogP contribution is 2.31. The summed E-state index contributed by atoms with van der Waals surface area (Å²) in [4.78, 5) is 25.0. The zero-order valence-electron chi connectivity index (χ0n) is 11.5. The van der Waals surface area contributed by atoms with E-state index in [0.29, 0.717) is 38.8 Å². The highest BCUT2D eigenvalue weighted by molar-refractivity contribution is 5.79. The van der Waals surface area contributed by atoms with Gasteiger partial charge in [0.2, 0.25) is 5.91 Å². The molecule has 108 valence electrons. The first-order valence-electron chi connectivity index (χ1n) is 7.13. The maximum Gasteiger partial charge on any atom is 0.306 e. The highest BCUT2D eigenvalue weighted by atomic mass is 16.4. The summed E-state index contributed by atoms with van der Waals surface area (Å²) in [6.07, 6.45) is 4.08. The van der Waals surface area contributed by atoms with Crippen molar-refractivity contribution >= 4 is 11.9 Å². The molecule has 0 bridgehead atoms. The van der Waals surface area contributed by atoms with E-state index in [0.717, 1.165) is 12.8 Å². The van der Waals surface area contributed by atoms with E-state index >= 15 is 0 Å². The van der Waals surface area contributed by atoms with Gasteiger partial charge in [-0.05, 0) is 45.4 Å². The number of carbonyl (C=O) groups is 2. The van der Waals surface area contributed by atoms with Gasteiger partial charge in [-0.3, -0.25) is 9.59 Å². The van der Waals surface area contributed by atoms with Gasteiger partial charge in [0.1, 0.15) is 0 Å². The third kappa shape index (κ3) is 3.47. The van der Waals surface area contributed by atoms with E-state index in [1.54, 1.807) is 11.8 Å². The summed E-state index contributed by atoms with van der Waals surface area (Å²) >= 11 is 0. The summed E-state index contributed by atoms with van der Waals surface area (Å²) in [5.41, 5.74) is -0.772. The van der Waals surface area contributed by atoms with Gasteiger partial charge in [0, 0.05) is 19.0 Å². The van der Waals surface area contributed by atoms with Crippen LogP contribution in [-0.4, -0.2) is 45.7 Å². The smallest absolute Gasteiger partial charge is 0.306 e. The minimum atomic E-state index is -0.772. The van der Waals surface area contributed by atoms with Crippen LogP contribution < -0.4 is 0 Å². The van der Waals surface area contributed by atoms with E-state index in [1.165, 1.54) is 0 Å². The Balaban J connectivity index is 1.89. The molecule has 1 unspecified atom stereocenters. The van der Waals surface area contributed by atoms with Crippen molar-refractivity contribution in [2.45, 2.75) is 51.0 Å². The van der Waals surface area contributed by atoms with Crippen molar-refractivity contribution in [1.29, 1.82) is 0 Å². The topological polar surface area (TPSA) is 77.8 Å². The fourth-order valence-corrected chi connectivity index (χ4v) is 3.25. The normalized spacial score (nSPS) is 36.0. The van der Waals surface area contributed by atoms with Crippen molar-refractivity contribution in [2.24, 2.45) is 11.8 Å². The second-order valence-electron chi connectivity index (χ2n) is 6.25. The molecule has 1 aliphatic heterocycles. The number of amides is 1. The van der Waals surface area contributed by atoms with Gasteiger partial charge in [-0.1, -0.05) is 0 Å². The molecule has 19 heavy (non-hydrogen) atoms. The van der Waals surface area contributed by atoms with Gasteiger partial charge < -0.3 is 15.1 Å². The van der Waals surface area contributed by atoms with E-state index in [9.17, 15) is 14.7 Å². The Hall–Kier alpha value is -1.10. The molecule has 5 nitrogen and oxygen atoms in total. The predicted molar refractivity (Wildman–Crippen MR) is 69.5 cm³/mol. The summed E-state index contributed by atoms with van der Waals surface area (Å²) in [6.45, 7) is 2.90. The fourth-order valence-electron chi connectivity index (χ4n) is 3.25. The lowest BCUT2D eigenvalue weighted by atomic mass is 9.81. The van der Waals surface area contributed by atoms with Gasteiger partial charge in [-0.2, -0.15) is 0 Å². The Morgan fingerprint density at radius 3 is 2.26 bits per heavy atom. The largest absolute Gasteiger partial charge is 0.481 e. The molecular formula is C14H23NO4. The summed E-state index contributed by atoms with van der Waals surface area (Å²) < 4.78 is 0. The predicted octanol–water partition coefficient (Wildman–Crippen LogP) is 1.25. The van der Waals surface area contributed by atoms with Crippen LogP contribution >= 0.6 is 0 Å². The Kier molecular flexibility index (Phi) is 4.13. The van der Waals surface area contributed by atoms with Gasteiger partial charge in [0.25, 0.3) is 0 Å². The molecule has 0 aromatic carbocycles. The molecule has 2 fully saturated rings. The molecule has 2 aliphatic rings. The standard InChI is InChI=1S/C14H23NO4/c1-14(19)7-2-8-15(9-14)12(16)10-3-5-11(6-4-10)13(17)18/h10-11,19H,2-9H2,1H3,(H,17,18).